The van der Waals surface area contributed by atoms with Crippen molar-refractivity contribution in [1.82, 2.24) is 15.1 Å². The van der Waals surface area contributed by atoms with Gasteiger partial charge in [0, 0.05) is 45.3 Å². The molecule has 35 heavy (non-hydrogen) atoms. The van der Waals surface area contributed by atoms with Crippen LogP contribution in [-0.2, 0) is 16.0 Å². The molecule has 9 heteroatoms. The van der Waals surface area contributed by atoms with Crippen molar-refractivity contribution in [3.05, 3.63) is 23.3 Å². The van der Waals surface area contributed by atoms with Gasteiger partial charge in [-0.15, -0.1) is 0 Å². The van der Waals surface area contributed by atoms with Crippen LogP contribution in [0, 0.1) is 17.8 Å². The Labute approximate surface area is 208 Å². The SMILES string of the molecule is COc1cc2c(cc1OC)C1CC(COC(=O)N3CCNCC3)C(CC(C)C)CN1CC2.O=CO. The highest BCUT2D eigenvalue weighted by Crippen LogP contribution is 2.45. The molecule has 3 atom stereocenters. The number of nitrogens with zero attached hydrogens (tertiary/aromatic N) is 2. The van der Waals surface area contributed by atoms with Gasteiger partial charge in [0.05, 0.1) is 20.8 Å². The van der Waals surface area contributed by atoms with Crippen molar-refractivity contribution >= 4 is 12.6 Å². The first-order valence-corrected chi connectivity index (χ1v) is 12.6. The molecule has 0 aliphatic carbocycles. The molecule has 1 aromatic rings. The molecule has 3 aliphatic heterocycles. The Morgan fingerprint density at radius 3 is 2.43 bits per heavy atom. The lowest BCUT2D eigenvalue weighted by Gasteiger charge is -2.47. The van der Waals surface area contributed by atoms with Crippen molar-refractivity contribution < 1.29 is 28.9 Å². The Bertz CT molecular complexity index is 843. The largest absolute Gasteiger partial charge is 0.493 e. The lowest BCUT2D eigenvalue weighted by Crippen LogP contribution is -2.49. The molecule has 0 spiro atoms. The molecule has 0 aromatic heterocycles. The van der Waals surface area contributed by atoms with Crippen LogP contribution in [0.3, 0.4) is 0 Å². The third-order valence-electron chi connectivity index (χ3n) is 7.35. The number of benzene rings is 1. The number of hydrogen-bond acceptors (Lipinski definition) is 7. The topological polar surface area (TPSA) is 101 Å². The number of carbonyl (C=O) groups excluding carboxylic acids is 1. The molecule has 196 valence electrons. The standard InChI is InChI=1S/C25H39N3O4.CH2O2/c1-17(2)11-19-15-28-8-5-18-13-23(30-3)24(31-4)14-21(18)22(28)12-20(19)16-32-25(29)27-9-6-26-7-10-27;2-1-3/h13-14,17,19-20,22,26H,5-12,15-16H2,1-4H3;1H,(H,2,3). The highest BCUT2D eigenvalue weighted by molar-refractivity contribution is 5.67. The van der Waals surface area contributed by atoms with Gasteiger partial charge < -0.3 is 29.5 Å². The number of piperazine rings is 1. The van der Waals surface area contributed by atoms with Gasteiger partial charge in [-0.3, -0.25) is 9.69 Å². The lowest BCUT2D eigenvalue weighted by atomic mass is 9.74. The van der Waals surface area contributed by atoms with Gasteiger partial charge in [-0.05, 0) is 60.3 Å². The summed E-state index contributed by atoms with van der Waals surface area (Å²) in [7, 11) is 3.39. The molecule has 9 nitrogen and oxygen atoms in total. The van der Waals surface area contributed by atoms with Crippen LogP contribution in [0.15, 0.2) is 12.1 Å². The maximum absolute atomic E-state index is 12.6. The normalized spacial score (nSPS) is 23.9. The summed E-state index contributed by atoms with van der Waals surface area (Å²) in [6, 6.07) is 4.65. The van der Waals surface area contributed by atoms with E-state index in [-0.39, 0.29) is 12.6 Å². The number of fused-ring (bicyclic) bond motifs is 3. The number of carboxylic acid groups (broad SMARTS) is 1. The van der Waals surface area contributed by atoms with Crippen LogP contribution in [0.5, 0.6) is 11.5 Å². The van der Waals surface area contributed by atoms with Gasteiger partial charge in [0.15, 0.2) is 11.5 Å². The average Bonchev–Trinajstić information content (AvgIpc) is 2.86. The summed E-state index contributed by atoms with van der Waals surface area (Å²) in [4.78, 5) is 25.5. The maximum atomic E-state index is 12.6. The monoisotopic (exact) mass is 491 g/mol. The van der Waals surface area contributed by atoms with E-state index in [2.05, 4.69) is 36.2 Å². The quantitative estimate of drug-likeness (QED) is 0.586. The van der Waals surface area contributed by atoms with Crippen LogP contribution in [0.4, 0.5) is 4.79 Å². The summed E-state index contributed by atoms with van der Waals surface area (Å²) in [6.45, 7) is 10.1. The molecule has 3 unspecified atom stereocenters. The van der Waals surface area contributed by atoms with Crippen molar-refractivity contribution in [2.75, 3.05) is 60.1 Å². The van der Waals surface area contributed by atoms with Crippen molar-refractivity contribution in [3.63, 3.8) is 0 Å². The lowest BCUT2D eigenvalue weighted by molar-refractivity contribution is -0.122. The maximum Gasteiger partial charge on any atom is 0.409 e. The third-order valence-corrected chi connectivity index (χ3v) is 7.35. The van der Waals surface area contributed by atoms with Crippen LogP contribution < -0.4 is 14.8 Å². The first-order chi connectivity index (χ1) is 16.9. The zero-order valence-electron chi connectivity index (χ0n) is 21.5. The predicted molar refractivity (Wildman–Crippen MR) is 133 cm³/mol. The molecule has 1 aromatic carbocycles. The summed E-state index contributed by atoms with van der Waals surface area (Å²) in [5.41, 5.74) is 2.69. The first kappa shape index (κ1) is 27.1. The van der Waals surface area contributed by atoms with E-state index in [4.69, 9.17) is 24.1 Å². The number of carbonyl (C=O) groups is 2. The summed E-state index contributed by atoms with van der Waals surface area (Å²) in [5.74, 6) is 3.13. The second-order valence-electron chi connectivity index (χ2n) is 9.97. The van der Waals surface area contributed by atoms with E-state index >= 15 is 0 Å². The minimum Gasteiger partial charge on any atom is -0.493 e. The number of nitrogens with one attached hydrogen (secondary N) is 1. The van der Waals surface area contributed by atoms with Crippen LogP contribution in [0.25, 0.3) is 0 Å². The summed E-state index contributed by atoms with van der Waals surface area (Å²) >= 11 is 0. The van der Waals surface area contributed by atoms with E-state index in [0.717, 1.165) is 70.0 Å². The van der Waals surface area contributed by atoms with Gasteiger partial charge in [-0.1, -0.05) is 13.8 Å². The Morgan fingerprint density at radius 1 is 1.14 bits per heavy atom. The predicted octanol–water partition coefficient (Wildman–Crippen LogP) is 3.03. The fraction of sp³-hybridized carbons (Fsp3) is 0.692. The Balaban J connectivity index is 0.00000108. The number of piperidine rings is 1. The fourth-order valence-corrected chi connectivity index (χ4v) is 5.70. The zero-order valence-corrected chi connectivity index (χ0v) is 21.5. The number of hydrogen-bond donors (Lipinski definition) is 2. The molecule has 0 radical (unpaired) electrons. The van der Waals surface area contributed by atoms with Crippen LogP contribution in [0.2, 0.25) is 0 Å². The van der Waals surface area contributed by atoms with Gasteiger partial charge in [0.2, 0.25) is 0 Å². The van der Waals surface area contributed by atoms with Gasteiger partial charge in [0.25, 0.3) is 6.47 Å². The summed E-state index contributed by atoms with van der Waals surface area (Å²) in [6.07, 6.45) is 3.04. The molecule has 2 fully saturated rings. The first-order valence-electron chi connectivity index (χ1n) is 12.6. The molecule has 0 saturated carbocycles. The van der Waals surface area contributed by atoms with Crippen LogP contribution in [-0.4, -0.2) is 87.6 Å². The summed E-state index contributed by atoms with van der Waals surface area (Å²) < 4.78 is 17.0. The van der Waals surface area contributed by atoms with E-state index in [1.165, 1.54) is 11.1 Å². The average molecular weight is 492 g/mol. The van der Waals surface area contributed by atoms with E-state index in [1.807, 2.05) is 4.90 Å². The fourth-order valence-electron chi connectivity index (χ4n) is 5.70. The second kappa shape index (κ2) is 13.0. The van der Waals surface area contributed by atoms with Gasteiger partial charge >= 0.3 is 6.09 Å². The highest BCUT2D eigenvalue weighted by Gasteiger charge is 2.40. The van der Waals surface area contributed by atoms with Gasteiger partial charge in [-0.25, -0.2) is 4.79 Å². The van der Waals surface area contributed by atoms with E-state index in [0.29, 0.717) is 30.4 Å². The minimum atomic E-state index is -0.250. The smallest absolute Gasteiger partial charge is 0.409 e. The number of methoxy groups -OCH3 is 2. The molecule has 0 bridgehead atoms. The Morgan fingerprint density at radius 2 is 1.80 bits per heavy atom. The van der Waals surface area contributed by atoms with Crippen molar-refractivity contribution in [3.8, 4) is 11.5 Å². The van der Waals surface area contributed by atoms with Crippen LogP contribution >= 0.6 is 0 Å². The van der Waals surface area contributed by atoms with Crippen molar-refractivity contribution in [2.45, 2.75) is 39.2 Å². The summed E-state index contributed by atoms with van der Waals surface area (Å²) in [5, 5.41) is 10.2. The molecule has 2 N–H and O–H groups in total. The molecule has 3 aliphatic rings. The highest BCUT2D eigenvalue weighted by atomic mass is 16.6. The molecular formula is C26H41N3O6. The minimum absolute atomic E-state index is 0.160. The Hall–Kier alpha value is -2.52. The molecular weight excluding hydrogens is 450 g/mol. The molecule has 2 saturated heterocycles. The van der Waals surface area contributed by atoms with Crippen LogP contribution in [0.1, 0.15) is 43.9 Å². The number of ether oxygens (including phenoxy) is 3. The van der Waals surface area contributed by atoms with E-state index < -0.39 is 0 Å². The second-order valence-corrected chi connectivity index (χ2v) is 9.97. The van der Waals surface area contributed by atoms with Gasteiger partial charge in [-0.2, -0.15) is 0 Å². The number of rotatable bonds is 6. The molecule has 3 heterocycles. The Kier molecular flexibility index (Phi) is 10.0. The van der Waals surface area contributed by atoms with Gasteiger partial charge in [0.1, 0.15) is 0 Å². The third kappa shape index (κ3) is 6.79. The van der Waals surface area contributed by atoms with Crippen molar-refractivity contribution in [1.29, 1.82) is 0 Å². The van der Waals surface area contributed by atoms with E-state index in [9.17, 15) is 4.79 Å². The molecule has 1 amide bonds. The van der Waals surface area contributed by atoms with Crippen molar-refractivity contribution in [2.24, 2.45) is 17.8 Å². The molecule has 4 rings (SSSR count). The zero-order chi connectivity index (χ0) is 25.4. The number of amides is 1. The van der Waals surface area contributed by atoms with E-state index in [1.54, 1.807) is 14.2 Å².